The highest BCUT2D eigenvalue weighted by molar-refractivity contribution is 5.91. The Morgan fingerprint density at radius 2 is 2.08 bits per heavy atom. The molecule has 2 aromatic rings. The topological polar surface area (TPSA) is 84.1 Å². The van der Waals surface area contributed by atoms with Crippen LogP contribution in [0, 0.1) is 0 Å². The molecule has 6 nitrogen and oxygen atoms in total. The van der Waals surface area contributed by atoms with Crippen molar-refractivity contribution in [2.24, 2.45) is 0 Å². The third-order valence-corrected chi connectivity index (χ3v) is 3.37. The average Bonchev–Trinajstić information content (AvgIpc) is 2.54. The fourth-order valence-corrected chi connectivity index (χ4v) is 2.24. The van der Waals surface area contributed by atoms with Crippen molar-refractivity contribution in [1.82, 2.24) is 14.9 Å². The number of carbonyl (C=O) groups excluding carboxylic acids is 1. The van der Waals surface area contributed by atoms with Gasteiger partial charge in [0, 0.05) is 31.6 Å². The van der Waals surface area contributed by atoms with Gasteiger partial charge in [-0.3, -0.25) is 4.79 Å². The number of hydrogen-bond donors (Lipinski definition) is 2. The molecule has 0 radical (unpaired) electrons. The number of likely N-dealkylation sites (N-methyl/N-ethyl adjacent to an activating group) is 1. The Hall–Kier alpha value is -2.73. The van der Waals surface area contributed by atoms with Crippen molar-refractivity contribution in [1.29, 1.82) is 0 Å². The van der Waals surface area contributed by atoms with Gasteiger partial charge in [-0.2, -0.15) is 4.98 Å². The van der Waals surface area contributed by atoms with Gasteiger partial charge in [-0.1, -0.05) is 24.3 Å². The maximum absolute atomic E-state index is 12.0. The minimum atomic E-state index is 0.0760. The third-order valence-electron chi connectivity index (χ3n) is 3.37. The number of nitrogens with two attached hydrogens (primary N) is 1. The van der Waals surface area contributed by atoms with E-state index in [0.29, 0.717) is 12.2 Å². The number of anilines is 2. The van der Waals surface area contributed by atoms with E-state index in [-0.39, 0.29) is 11.7 Å². The zero-order chi connectivity index (χ0) is 17.5. The first-order chi connectivity index (χ1) is 11.5. The molecule has 1 aromatic carbocycles. The van der Waals surface area contributed by atoms with E-state index in [1.54, 1.807) is 13.1 Å². The highest BCUT2D eigenvalue weighted by Gasteiger charge is 2.06. The summed E-state index contributed by atoms with van der Waals surface area (Å²) in [6, 6.07) is 9.58. The second-order valence-electron chi connectivity index (χ2n) is 5.75. The normalized spacial score (nSPS) is 11.2. The van der Waals surface area contributed by atoms with Crippen LogP contribution >= 0.6 is 0 Å². The summed E-state index contributed by atoms with van der Waals surface area (Å²) in [5.41, 5.74) is 8.31. The second kappa shape index (κ2) is 8.21. The van der Waals surface area contributed by atoms with Crippen molar-refractivity contribution < 1.29 is 4.79 Å². The zero-order valence-corrected chi connectivity index (χ0v) is 14.3. The first-order valence-electron chi connectivity index (χ1n) is 7.73. The number of allylic oxidation sites excluding steroid dienone is 1. The van der Waals surface area contributed by atoms with Crippen molar-refractivity contribution in [3.05, 3.63) is 48.0 Å². The number of nitrogens with one attached hydrogen (secondary N) is 1. The van der Waals surface area contributed by atoms with E-state index in [0.717, 1.165) is 23.4 Å². The van der Waals surface area contributed by atoms with Gasteiger partial charge < -0.3 is 16.0 Å². The molecule has 0 fully saturated rings. The maximum Gasteiger partial charge on any atom is 0.222 e. The molecule has 1 heterocycles. The number of nitrogens with zero attached hydrogens (tertiary/aromatic N) is 3. The van der Waals surface area contributed by atoms with Crippen molar-refractivity contribution in [3.63, 3.8) is 0 Å². The van der Waals surface area contributed by atoms with E-state index >= 15 is 0 Å². The molecule has 0 spiro atoms. The van der Waals surface area contributed by atoms with Crippen LogP contribution in [-0.4, -0.2) is 48.3 Å². The van der Waals surface area contributed by atoms with Crippen LogP contribution in [0.25, 0.3) is 11.3 Å². The van der Waals surface area contributed by atoms with Crippen molar-refractivity contribution >= 4 is 17.5 Å². The Bertz CT molecular complexity index is 740. The number of hydrogen-bond acceptors (Lipinski definition) is 6. The van der Waals surface area contributed by atoms with Gasteiger partial charge in [-0.25, -0.2) is 4.98 Å². The Labute approximate surface area is 142 Å². The lowest BCUT2D eigenvalue weighted by Crippen LogP contribution is -2.11. The van der Waals surface area contributed by atoms with E-state index < -0.39 is 0 Å². The van der Waals surface area contributed by atoms with Crippen LogP contribution in [0.15, 0.2) is 42.5 Å². The molecule has 0 atom stereocenters. The number of carbonyl (C=O) groups is 1. The maximum atomic E-state index is 12.0. The first-order valence-corrected chi connectivity index (χ1v) is 7.73. The van der Waals surface area contributed by atoms with Crippen molar-refractivity contribution in [2.75, 3.05) is 38.7 Å². The number of aromatic nitrogens is 2. The van der Waals surface area contributed by atoms with Crippen LogP contribution in [0.2, 0.25) is 0 Å². The lowest BCUT2D eigenvalue weighted by molar-refractivity contribution is -0.114. The molecule has 1 aromatic heterocycles. The van der Waals surface area contributed by atoms with Gasteiger partial charge in [0.1, 0.15) is 5.82 Å². The summed E-state index contributed by atoms with van der Waals surface area (Å²) in [7, 11) is 5.71. The van der Waals surface area contributed by atoms with Gasteiger partial charge in [0.15, 0.2) is 5.78 Å². The van der Waals surface area contributed by atoms with Crippen LogP contribution in [0.3, 0.4) is 0 Å². The number of nitrogen functional groups attached to an aromatic ring is 1. The smallest absolute Gasteiger partial charge is 0.222 e. The van der Waals surface area contributed by atoms with Crippen LogP contribution in [0.1, 0.15) is 5.56 Å². The molecule has 3 N–H and O–H groups in total. The van der Waals surface area contributed by atoms with Gasteiger partial charge in [0.05, 0.1) is 5.69 Å². The molecule has 0 bridgehead atoms. The molecule has 0 aliphatic heterocycles. The molecule has 24 heavy (non-hydrogen) atoms. The van der Waals surface area contributed by atoms with Gasteiger partial charge in [0.2, 0.25) is 5.95 Å². The van der Waals surface area contributed by atoms with Crippen LogP contribution < -0.4 is 11.1 Å². The van der Waals surface area contributed by atoms with Crippen molar-refractivity contribution in [2.45, 2.75) is 6.42 Å². The Morgan fingerprint density at radius 3 is 2.79 bits per heavy atom. The molecule has 0 unspecified atom stereocenters. The monoisotopic (exact) mass is 325 g/mol. The number of benzene rings is 1. The van der Waals surface area contributed by atoms with E-state index in [1.807, 2.05) is 55.4 Å². The highest BCUT2D eigenvalue weighted by Crippen LogP contribution is 2.22. The summed E-state index contributed by atoms with van der Waals surface area (Å²) in [4.78, 5) is 22.4. The quantitative estimate of drug-likeness (QED) is 0.758. The molecule has 0 amide bonds. The lowest BCUT2D eigenvalue weighted by atomic mass is 10.0. The summed E-state index contributed by atoms with van der Waals surface area (Å²) < 4.78 is 0. The first kappa shape index (κ1) is 17.6. The Kier molecular flexibility index (Phi) is 6.03. The molecule has 126 valence electrons. The van der Waals surface area contributed by atoms with Gasteiger partial charge in [-0.15, -0.1) is 0 Å². The largest absolute Gasteiger partial charge is 0.373 e. The molecule has 0 aliphatic rings. The van der Waals surface area contributed by atoms with Crippen LogP contribution in [-0.2, 0) is 11.2 Å². The fraction of sp³-hybridized carbons (Fsp3) is 0.278. The molecule has 0 saturated carbocycles. The standard InChI is InChI=1S/C18H23N5O/c1-20-17-12-16(21-18(19)22-17)14-7-4-6-13(10-14)11-15(24)8-5-9-23(2)3/h4-8,10,12H,9,11H2,1-3H3,(H3,19,20,21,22)/b8-5+. The second-order valence-corrected chi connectivity index (χ2v) is 5.75. The van der Waals surface area contributed by atoms with E-state index in [4.69, 9.17) is 5.73 Å². The molecule has 0 saturated heterocycles. The van der Waals surface area contributed by atoms with Crippen molar-refractivity contribution in [3.8, 4) is 11.3 Å². The molecule has 2 rings (SSSR count). The molecular weight excluding hydrogens is 302 g/mol. The highest BCUT2D eigenvalue weighted by atomic mass is 16.1. The van der Waals surface area contributed by atoms with Crippen LogP contribution in [0.5, 0.6) is 0 Å². The predicted molar refractivity (Wildman–Crippen MR) is 97.8 cm³/mol. The minimum Gasteiger partial charge on any atom is -0.373 e. The van der Waals surface area contributed by atoms with E-state index in [1.165, 1.54) is 0 Å². The van der Waals surface area contributed by atoms with E-state index in [2.05, 4.69) is 15.3 Å². The summed E-state index contributed by atoms with van der Waals surface area (Å²) in [6.45, 7) is 0.749. The van der Waals surface area contributed by atoms with Gasteiger partial charge in [-0.05, 0) is 31.8 Å². The predicted octanol–water partition coefficient (Wildman–Crippen LogP) is 2.00. The Morgan fingerprint density at radius 1 is 1.29 bits per heavy atom. The third kappa shape index (κ3) is 5.17. The fourth-order valence-electron chi connectivity index (χ4n) is 2.24. The SMILES string of the molecule is CNc1cc(-c2cccc(CC(=O)/C=C/CN(C)C)c2)nc(N)n1. The van der Waals surface area contributed by atoms with Gasteiger partial charge >= 0.3 is 0 Å². The number of rotatable bonds is 7. The lowest BCUT2D eigenvalue weighted by Gasteiger charge is -2.07. The average molecular weight is 325 g/mol. The molecule has 0 aliphatic carbocycles. The van der Waals surface area contributed by atoms with Gasteiger partial charge in [0.25, 0.3) is 0 Å². The summed E-state index contributed by atoms with van der Waals surface area (Å²) in [5.74, 6) is 0.947. The summed E-state index contributed by atoms with van der Waals surface area (Å²) in [5, 5.41) is 2.96. The summed E-state index contributed by atoms with van der Waals surface area (Å²) >= 11 is 0. The number of ketones is 1. The molecule has 6 heteroatoms. The Balaban J connectivity index is 2.16. The molecular formula is C18H23N5O. The minimum absolute atomic E-state index is 0.0760. The van der Waals surface area contributed by atoms with Crippen LogP contribution in [0.4, 0.5) is 11.8 Å². The summed E-state index contributed by atoms with van der Waals surface area (Å²) in [6.07, 6.45) is 3.86. The zero-order valence-electron chi connectivity index (χ0n) is 14.3. The van der Waals surface area contributed by atoms with E-state index in [9.17, 15) is 4.79 Å².